The van der Waals surface area contributed by atoms with E-state index in [2.05, 4.69) is 5.32 Å². The summed E-state index contributed by atoms with van der Waals surface area (Å²) in [4.78, 5) is 0. The Balaban J connectivity index is 1.62. The van der Waals surface area contributed by atoms with E-state index in [1.165, 1.54) is 6.42 Å². The largest absolute Gasteiger partial charge is 0.396 e. The van der Waals surface area contributed by atoms with Gasteiger partial charge in [-0.25, -0.2) is 0 Å². The molecule has 2 saturated heterocycles. The Morgan fingerprint density at radius 2 is 1.64 bits per heavy atom. The van der Waals surface area contributed by atoms with Crippen molar-refractivity contribution in [3.05, 3.63) is 0 Å². The fourth-order valence-corrected chi connectivity index (χ4v) is 4.39. The summed E-state index contributed by atoms with van der Waals surface area (Å²) in [6.45, 7) is 0.611. The standard InChI is InChI=1S/C19H35NO8/c21-8-12-6-20-7-13(15(12)23)27-19-17(25)18(16(24)14(9-22)28-19)26-10-11-4-2-1-3-5-11/h11-25H,1-10H2/t12-,13-,14-,15-,16-,17-,18+,19+/m1/s1. The van der Waals surface area contributed by atoms with Gasteiger partial charge in [0.15, 0.2) is 6.29 Å². The third-order valence-corrected chi connectivity index (χ3v) is 6.23. The first-order valence-electron chi connectivity index (χ1n) is 10.4. The first-order valence-corrected chi connectivity index (χ1v) is 10.4. The maximum Gasteiger partial charge on any atom is 0.187 e. The maximum absolute atomic E-state index is 10.7. The zero-order chi connectivity index (χ0) is 20.1. The second-order valence-corrected chi connectivity index (χ2v) is 8.27. The predicted molar refractivity (Wildman–Crippen MR) is 98.4 cm³/mol. The van der Waals surface area contributed by atoms with Gasteiger partial charge in [0.2, 0.25) is 0 Å². The lowest BCUT2D eigenvalue weighted by Gasteiger charge is -2.44. The van der Waals surface area contributed by atoms with E-state index in [-0.39, 0.29) is 12.5 Å². The number of aliphatic hydroxyl groups excluding tert-OH is 5. The van der Waals surface area contributed by atoms with E-state index in [0.29, 0.717) is 25.6 Å². The lowest BCUT2D eigenvalue weighted by atomic mass is 9.90. The van der Waals surface area contributed by atoms with Crippen LogP contribution in [0.15, 0.2) is 0 Å². The van der Waals surface area contributed by atoms with Crippen LogP contribution in [0.3, 0.4) is 0 Å². The number of aliphatic hydroxyl groups is 5. The molecule has 164 valence electrons. The molecule has 0 unspecified atom stereocenters. The van der Waals surface area contributed by atoms with Crippen LogP contribution in [0.2, 0.25) is 0 Å². The molecule has 1 aliphatic carbocycles. The van der Waals surface area contributed by atoms with E-state index in [1.54, 1.807) is 0 Å². The van der Waals surface area contributed by atoms with Gasteiger partial charge in [0.25, 0.3) is 0 Å². The Morgan fingerprint density at radius 1 is 0.893 bits per heavy atom. The molecule has 0 amide bonds. The molecule has 0 aromatic rings. The van der Waals surface area contributed by atoms with E-state index in [4.69, 9.17) is 14.2 Å². The first kappa shape index (κ1) is 22.3. The molecule has 2 aliphatic heterocycles. The highest BCUT2D eigenvalue weighted by atomic mass is 16.7. The third-order valence-electron chi connectivity index (χ3n) is 6.23. The minimum Gasteiger partial charge on any atom is -0.396 e. The summed E-state index contributed by atoms with van der Waals surface area (Å²) in [5, 5.41) is 53.5. The quantitative estimate of drug-likeness (QED) is 0.294. The van der Waals surface area contributed by atoms with Crippen LogP contribution < -0.4 is 5.32 Å². The van der Waals surface area contributed by atoms with E-state index < -0.39 is 49.5 Å². The number of hydrogen-bond acceptors (Lipinski definition) is 9. The third kappa shape index (κ3) is 5.21. The van der Waals surface area contributed by atoms with Gasteiger partial charge in [-0.1, -0.05) is 19.3 Å². The molecule has 9 nitrogen and oxygen atoms in total. The average molecular weight is 405 g/mol. The van der Waals surface area contributed by atoms with Crippen LogP contribution in [-0.4, -0.2) is 101 Å². The van der Waals surface area contributed by atoms with Crippen molar-refractivity contribution < 1.29 is 39.7 Å². The van der Waals surface area contributed by atoms with E-state index >= 15 is 0 Å². The van der Waals surface area contributed by atoms with Gasteiger partial charge in [-0.15, -0.1) is 0 Å². The van der Waals surface area contributed by atoms with Crippen LogP contribution in [0.1, 0.15) is 32.1 Å². The molecule has 8 atom stereocenters. The number of ether oxygens (including phenoxy) is 3. The van der Waals surface area contributed by atoms with E-state index in [1.807, 2.05) is 0 Å². The van der Waals surface area contributed by atoms with Crippen molar-refractivity contribution in [2.75, 3.05) is 32.9 Å². The second kappa shape index (κ2) is 10.6. The lowest BCUT2D eigenvalue weighted by molar-refractivity contribution is -0.325. The smallest absolute Gasteiger partial charge is 0.187 e. The Hall–Kier alpha value is -0.360. The van der Waals surface area contributed by atoms with Gasteiger partial charge in [0.1, 0.15) is 24.4 Å². The topological polar surface area (TPSA) is 141 Å². The molecule has 1 saturated carbocycles. The molecule has 0 aromatic carbocycles. The van der Waals surface area contributed by atoms with Crippen molar-refractivity contribution in [1.29, 1.82) is 0 Å². The zero-order valence-electron chi connectivity index (χ0n) is 16.2. The summed E-state index contributed by atoms with van der Waals surface area (Å²) in [5.74, 6) is 0.0229. The van der Waals surface area contributed by atoms with Crippen molar-refractivity contribution in [2.24, 2.45) is 11.8 Å². The molecular weight excluding hydrogens is 370 g/mol. The fourth-order valence-electron chi connectivity index (χ4n) is 4.39. The van der Waals surface area contributed by atoms with Crippen molar-refractivity contribution >= 4 is 0 Å². The van der Waals surface area contributed by atoms with Crippen molar-refractivity contribution in [2.45, 2.75) is 75.0 Å². The van der Waals surface area contributed by atoms with Gasteiger partial charge >= 0.3 is 0 Å². The first-order chi connectivity index (χ1) is 13.5. The summed E-state index contributed by atoms with van der Waals surface area (Å²) in [7, 11) is 0. The van der Waals surface area contributed by atoms with Crippen LogP contribution in [0, 0.1) is 11.8 Å². The Morgan fingerprint density at radius 3 is 2.32 bits per heavy atom. The summed E-state index contributed by atoms with van der Waals surface area (Å²) in [6, 6.07) is 0. The molecule has 2 heterocycles. The van der Waals surface area contributed by atoms with Gasteiger partial charge < -0.3 is 45.1 Å². The fraction of sp³-hybridized carbons (Fsp3) is 1.00. The normalized spacial score (nSPS) is 43.2. The van der Waals surface area contributed by atoms with E-state index in [9.17, 15) is 25.5 Å². The Labute approximate surface area is 165 Å². The highest BCUT2D eigenvalue weighted by Crippen LogP contribution is 2.29. The minimum absolute atomic E-state index is 0.187. The maximum atomic E-state index is 10.7. The molecular formula is C19H35NO8. The zero-order valence-corrected chi connectivity index (χ0v) is 16.2. The summed E-state index contributed by atoms with van der Waals surface area (Å²) in [5.41, 5.74) is 0. The summed E-state index contributed by atoms with van der Waals surface area (Å²) >= 11 is 0. The number of nitrogens with one attached hydrogen (secondary N) is 1. The monoisotopic (exact) mass is 405 g/mol. The Bertz CT molecular complexity index is 463. The highest BCUT2D eigenvalue weighted by Gasteiger charge is 2.47. The van der Waals surface area contributed by atoms with Gasteiger partial charge in [0.05, 0.1) is 25.4 Å². The molecule has 9 heteroatoms. The molecule has 6 N–H and O–H groups in total. The number of hydrogen-bond donors (Lipinski definition) is 6. The molecule has 3 aliphatic rings. The lowest BCUT2D eigenvalue weighted by Crippen LogP contribution is -2.62. The van der Waals surface area contributed by atoms with Crippen LogP contribution in [0.5, 0.6) is 0 Å². The van der Waals surface area contributed by atoms with Crippen LogP contribution >= 0.6 is 0 Å². The van der Waals surface area contributed by atoms with Crippen LogP contribution in [0.4, 0.5) is 0 Å². The van der Waals surface area contributed by atoms with Gasteiger partial charge in [-0.05, 0) is 18.8 Å². The van der Waals surface area contributed by atoms with Gasteiger partial charge in [0, 0.05) is 25.6 Å². The number of rotatable bonds is 7. The van der Waals surface area contributed by atoms with Gasteiger partial charge in [-0.2, -0.15) is 0 Å². The average Bonchev–Trinajstić information content (AvgIpc) is 2.72. The molecule has 3 rings (SSSR count). The van der Waals surface area contributed by atoms with Crippen molar-refractivity contribution in [1.82, 2.24) is 5.32 Å². The second-order valence-electron chi connectivity index (χ2n) is 8.27. The molecule has 0 bridgehead atoms. The van der Waals surface area contributed by atoms with Crippen molar-refractivity contribution in [3.8, 4) is 0 Å². The SMILES string of the molecule is OC[C@H]1CNC[C@@H](O[C@H]2O[C@H](CO)[C@@H](O)[C@H](OCC3CCCCC3)[C@H]2O)[C@@H]1O. The molecule has 3 fully saturated rings. The Kier molecular flexibility index (Phi) is 8.46. The van der Waals surface area contributed by atoms with Crippen LogP contribution in [-0.2, 0) is 14.2 Å². The summed E-state index contributed by atoms with van der Waals surface area (Å²) in [6.07, 6.45) is -1.40. The molecule has 28 heavy (non-hydrogen) atoms. The number of piperidine rings is 1. The molecule has 0 spiro atoms. The molecule has 0 aromatic heterocycles. The van der Waals surface area contributed by atoms with Gasteiger partial charge in [-0.3, -0.25) is 0 Å². The van der Waals surface area contributed by atoms with Crippen molar-refractivity contribution in [3.63, 3.8) is 0 Å². The summed E-state index contributed by atoms with van der Waals surface area (Å²) < 4.78 is 17.2. The van der Waals surface area contributed by atoms with E-state index in [0.717, 1.165) is 25.7 Å². The predicted octanol–water partition coefficient (Wildman–Crippen LogP) is -1.65. The minimum atomic E-state index is -1.26. The van der Waals surface area contributed by atoms with Crippen LogP contribution in [0.25, 0.3) is 0 Å². The molecule has 0 radical (unpaired) electrons. The highest BCUT2D eigenvalue weighted by molar-refractivity contribution is 4.92.